The number of nitrogens with zero attached hydrogens (tertiary/aromatic N) is 3. The molecule has 2 aliphatic rings. The number of rotatable bonds is 7. The fraction of sp³-hybridized carbons (Fsp3) is 0.750. The molecule has 0 spiro atoms. The second kappa shape index (κ2) is 9.55. The Hall–Kier alpha value is -2.49. The molecule has 1 aliphatic heterocycles. The molecule has 0 bridgehead atoms. The van der Waals surface area contributed by atoms with E-state index < -0.39 is 10.3 Å². The second-order valence-electron chi connectivity index (χ2n) is 8.48. The van der Waals surface area contributed by atoms with Crippen LogP contribution >= 0.6 is 0 Å². The van der Waals surface area contributed by atoms with Gasteiger partial charge in [-0.2, -0.15) is 4.98 Å². The summed E-state index contributed by atoms with van der Waals surface area (Å²) in [5, 5.41) is 18.0. The van der Waals surface area contributed by atoms with Crippen LogP contribution in [0.2, 0.25) is 0 Å². The lowest BCUT2D eigenvalue weighted by atomic mass is 9.74. The zero-order valence-electron chi connectivity index (χ0n) is 17.8. The molecule has 1 saturated heterocycles. The number of hydrogen-bond donors (Lipinski definition) is 2. The van der Waals surface area contributed by atoms with Gasteiger partial charge in [0.25, 0.3) is 0 Å². The molecule has 10 heteroatoms. The van der Waals surface area contributed by atoms with Gasteiger partial charge in [0, 0.05) is 18.7 Å². The van der Waals surface area contributed by atoms with Gasteiger partial charge in [0.1, 0.15) is 6.20 Å². The van der Waals surface area contributed by atoms with E-state index in [4.69, 9.17) is 9.47 Å². The second-order valence-corrected chi connectivity index (χ2v) is 8.48. The van der Waals surface area contributed by atoms with Gasteiger partial charge in [-0.05, 0) is 51.9 Å². The Bertz CT molecular complexity index is 766. The third-order valence-corrected chi connectivity index (χ3v) is 6.12. The van der Waals surface area contributed by atoms with E-state index >= 15 is 0 Å². The molecule has 1 aliphatic carbocycles. The van der Waals surface area contributed by atoms with Gasteiger partial charge in [-0.3, -0.25) is 14.9 Å². The van der Waals surface area contributed by atoms with Crippen molar-refractivity contribution in [3.05, 3.63) is 16.3 Å². The lowest BCUT2D eigenvalue weighted by Crippen LogP contribution is -2.38. The van der Waals surface area contributed by atoms with E-state index in [0.29, 0.717) is 57.4 Å². The standard InChI is InChI=1S/C20H31N5O5/c1-4-30-18(26)20(3)8-5-14(6-9-20)22-17-16(25(27)28)11-21-19(24-17)23-15-7-10-29-12-13(15)2/h11,13-15H,4-10,12H2,1-3H3,(H2,21,22,23,24)/t13-,14?,15-,20?/m1/s1. The summed E-state index contributed by atoms with van der Waals surface area (Å²) in [4.78, 5) is 31.8. The first-order valence-corrected chi connectivity index (χ1v) is 10.6. The molecule has 2 N–H and O–H groups in total. The highest BCUT2D eigenvalue weighted by molar-refractivity contribution is 5.76. The average Bonchev–Trinajstić information content (AvgIpc) is 2.72. The summed E-state index contributed by atoms with van der Waals surface area (Å²) in [5.41, 5.74) is -0.656. The van der Waals surface area contributed by atoms with Crippen LogP contribution in [-0.2, 0) is 14.3 Å². The van der Waals surface area contributed by atoms with Gasteiger partial charge in [0.2, 0.25) is 11.8 Å². The molecule has 10 nitrogen and oxygen atoms in total. The molecule has 1 aromatic heterocycles. The van der Waals surface area contributed by atoms with Gasteiger partial charge in [-0.15, -0.1) is 0 Å². The number of hydrogen-bond acceptors (Lipinski definition) is 9. The van der Waals surface area contributed by atoms with E-state index in [9.17, 15) is 14.9 Å². The molecule has 0 amide bonds. The van der Waals surface area contributed by atoms with Crippen molar-refractivity contribution in [2.45, 2.75) is 65.0 Å². The summed E-state index contributed by atoms with van der Waals surface area (Å²) in [6.45, 7) is 7.51. The number of aromatic nitrogens is 2. The van der Waals surface area contributed by atoms with E-state index in [-0.39, 0.29) is 29.6 Å². The number of esters is 1. The van der Waals surface area contributed by atoms with Crippen molar-refractivity contribution in [2.24, 2.45) is 11.3 Å². The van der Waals surface area contributed by atoms with Crippen LogP contribution in [0.25, 0.3) is 0 Å². The van der Waals surface area contributed by atoms with Crippen LogP contribution in [0.3, 0.4) is 0 Å². The third-order valence-electron chi connectivity index (χ3n) is 6.12. The third kappa shape index (κ3) is 5.16. The van der Waals surface area contributed by atoms with Gasteiger partial charge in [0.15, 0.2) is 0 Å². The highest BCUT2D eigenvalue weighted by atomic mass is 16.6. The number of carbonyl (C=O) groups excluding carboxylic acids is 1. The summed E-state index contributed by atoms with van der Waals surface area (Å²) >= 11 is 0. The lowest BCUT2D eigenvalue weighted by molar-refractivity contribution is -0.384. The van der Waals surface area contributed by atoms with Gasteiger partial charge in [0.05, 0.1) is 23.6 Å². The van der Waals surface area contributed by atoms with E-state index in [0.717, 1.165) is 6.42 Å². The van der Waals surface area contributed by atoms with Gasteiger partial charge < -0.3 is 20.1 Å². The zero-order valence-corrected chi connectivity index (χ0v) is 17.8. The summed E-state index contributed by atoms with van der Waals surface area (Å²) in [6, 6.07) is 0.156. The quantitative estimate of drug-likeness (QED) is 0.387. The minimum atomic E-state index is -0.502. The monoisotopic (exact) mass is 421 g/mol. The Morgan fingerprint density at radius 1 is 1.37 bits per heavy atom. The predicted molar refractivity (Wildman–Crippen MR) is 111 cm³/mol. The topological polar surface area (TPSA) is 129 Å². The Kier molecular flexibility index (Phi) is 7.06. The number of nitrogens with one attached hydrogen (secondary N) is 2. The van der Waals surface area contributed by atoms with Crippen LogP contribution in [0.5, 0.6) is 0 Å². The predicted octanol–water partition coefficient (Wildman–Crippen LogP) is 3.15. The summed E-state index contributed by atoms with van der Waals surface area (Å²) in [7, 11) is 0. The molecule has 2 fully saturated rings. The molecule has 0 unspecified atom stereocenters. The van der Waals surface area contributed by atoms with Crippen molar-refractivity contribution >= 4 is 23.4 Å². The van der Waals surface area contributed by atoms with Crippen LogP contribution in [0.15, 0.2) is 6.20 Å². The Balaban J connectivity index is 1.68. The molecular weight excluding hydrogens is 390 g/mol. The molecule has 3 rings (SSSR count). The van der Waals surface area contributed by atoms with Crippen LogP contribution in [-0.4, -0.2) is 52.8 Å². The van der Waals surface area contributed by atoms with Crippen LogP contribution in [0, 0.1) is 21.4 Å². The Morgan fingerprint density at radius 3 is 2.73 bits per heavy atom. The molecule has 166 valence electrons. The first-order valence-electron chi connectivity index (χ1n) is 10.6. The molecule has 30 heavy (non-hydrogen) atoms. The molecule has 1 saturated carbocycles. The summed E-state index contributed by atoms with van der Waals surface area (Å²) in [5.74, 6) is 0.706. The lowest BCUT2D eigenvalue weighted by Gasteiger charge is -2.35. The molecule has 0 aromatic carbocycles. The number of nitro groups is 1. The smallest absolute Gasteiger partial charge is 0.329 e. The first-order chi connectivity index (χ1) is 14.3. The maximum absolute atomic E-state index is 12.2. The van der Waals surface area contributed by atoms with Crippen molar-refractivity contribution in [3.63, 3.8) is 0 Å². The highest BCUT2D eigenvalue weighted by Crippen LogP contribution is 2.38. The van der Waals surface area contributed by atoms with Gasteiger partial charge in [-0.25, -0.2) is 4.98 Å². The van der Waals surface area contributed by atoms with E-state index in [1.54, 1.807) is 6.92 Å². The normalized spacial score (nSPS) is 29.1. The Morgan fingerprint density at radius 2 is 2.10 bits per heavy atom. The first kappa shape index (κ1) is 22.2. The number of carbonyl (C=O) groups is 1. The van der Waals surface area contributed by atoms with Crippen LogP contribution < -0.4 is 10.6 Å². The minimum absolute atomic E-state index is 0.00374. The summed E-state index contributed by atoms with van der Waals surface area (Å²) in [6.07, 6.45) is 4.80. The van der Waals surface area contributed by atoms with Crippen molar-refractivity contribution in [1.82, 2.24) is 9.97 Å². The SMILES string of the molecule is CCOC(=O)C1(C)CCC(Nc2nc(N[C@@H]3CCOC[C@H]3C)ncc2[N+](=O)[O-])CC1. The molecule has 0 radical (unpaired) electrons. The van der Waals surface area contributed by atoms with E-state index in [1.807, 2.05) is 6.92 Å². The largest absolute Gasteiger partial charge is 0.466 e. The Labute approximate surface area is 176 Å². The molecule has 2 atom stereocenters. The van der Waals surface area contributed by atoms with Crippen molar-refractivity contribution in [2.75, 3.05) is 30.5 Å². The summed E-state index contributed by atoms with van der Waals surface area (Å²) < 4.78 is 10.7. The van der Waals surface area contributed by atoms with Gasteiger partial charge >= 0.3 is 11.7 Å². The highest BCUT2D eigenvalue weighted by Gasteiger charge is 2.39. The fourth-order valence-electron chi connectivity index (χ4n) is 4.05. The van der Waals surface area contributed by atoms with Crippen LogP contribution in [0.4, 0.5) is 17.5 Å². The van der Waals surface area contributed by atoms with Gasteiger partial charge in [-0.1, -0.05) is 6.92 Å². The van der Waals surface area contributed by atoms with Crippen LogP contribution in [0.1, 0.15) is 52.9 Å². The van der Waals surface area contributed by atoms with E-state index in [1.165, 1.54) is 6.20 Å². The number of ether oxygens (including phenoxy) is 2. The fourth-order valence-corrected chi connectivity index (χ4v) is 4.05. The van der Waals surface area contributed by atoms with E-state index in [2.05, 4.69) is 27.5 Å². The van der Waals surface area contributed by atoms with Crippen molar-refractivity contribution in [3.8, 4) is 0 Å². The van der Waals surface area contributed by atoms with Crippen molar-refractivity contribution < 1.29 is 19.2 Å². The molecular formula is C20H31N5O5. The zero-order chi connectivity index (χ0) is 21.7. The number of anilines is 2. The van der Waals surface area contributed by atoms with Crippen molar-refractivity contribution in [1.29, 1.82) is 0 Å². The average molecular weight is 421 g/mol. The maximum atomic E-state index is 12.2. The maximum Gasteiger partial charge on any atom is 0.329 e. The molecule has 1 aromatic rings. The minimum Gasteiger partial charge on any atom is -0.466 e. The molecule has 2 heterocycles.